The van der Waals surface area contributed by atoms with Crippen LogP contribution in [0.25, 0.3) is 16.6 Å². The third-order valence-electron chi connectivity index (χ3n) is 3.27. The number of nitrogen functional groups attached to an aromatic ring is 1. The number of fused-ring (bicyclic) bond motifs is 1. The van der Waals surface area contributed by atoms with Crippen LogP contribution in [0.4, 0.5) is 11.5 Å². The summed E-state index contributed by atoms with van der Waals surface area (Å²) in [6.45, 7) is 2.82. The maximum Gasteiger partial charge on any atom is 0.126 e. The Labute approximate surface area is 122 Å². The first kappa shape index (κ1) is 13.5. The Morgan fingerprint density at radius 2 is 2.29 bits per heavy atom. The van der Waals surface area contributed by atoms with E-state index in [1.807, 2.05) is 18.3 Å². The standard InChI is InChI=1S/C15H17N5O/c1-9(21)6-18-12-5-14(16)20-13-4-11(8-19-15(12)13)10-2-3-17-7-10/h2-5,8-9,21H,6-7H2,1H3,(H3,16,18,20)/t9-/m1/s1. The number of aliphatic imine (C=N–C) groups is 1. The Hall–Kier alpha value is -2.47. The van der Waals surface area contributed by atoms with Crippen LogP contribution >= 0.6 is 0 Å². The van der Waals surface area contributed by atoms with Crippen LogP contribution in [0, 0.1) is 0 Å². The van der Waals surface area contributed by atoms with Gasteiger partial charge in [-0.3, -0.25) is 9.98 Å². The Bertz CT molecular complexity index is 736. The van der Waals surface area contributed by atoms with E-state index in [4.69, 9.17) is 5.73 Å². The molecule has 0 amide bonds. The summed E-state index contributed by atoms with van der Waals surface area (Å²) in [4.78, 5) is 13.0. The van der Waals surface area contributed by atoms with Crippen LogP contribution in [0.15, 0.2) is 29.4 Å². The maximum absolute atomic E-state index is 9.39. The Morgan fingerprint density at radius 1 is 1.43 bits per heavy atom. The molecule has 0 radical (unpaired) electrons. The molecule has 1 atom stereocenters. The van der Waals surface area contributed by atoms with E-state index in [-0.39, 0.29) is 0 Å². The molecule has 108 valence electrons. The lowest BCUT2D eigenvalue weighted by molar-refractivity contribution is 0.208. The van der Waals surface area contributed by atoms with E-state index in [9.17, 15) is 5.11 Å². The number of aromatic nitrogens is 2. The lowest BCUT2D eigenvalue weighted by atomic mass is 10.1. The van der Waals surface area contributed by atoms with E-state index in [2.05, 4.69) is 20.3 Å². The molecule has 2 aromatic heterocycles. The maximum atomic E-state index is 9.39. The molecule has 0 bridgehead atoms. The molecule has 0 aromatic carbocycles. The number of aliphatic hydroxyl groups excluding tert-OH is 1. The van der Waals surface area contributed by atoms with E-state index in [0.717, 1.165) is 27.9 Å². The van der Waals surface area contributed by atoms with E-state index >= 15 is 0 Å². The van der Waals surface area contributed by atoms with Crippen molar-refractivity contribution in [2.75, 3.05) is 24.1 Å². The van der Waals surface area contributed by atoms with Crippen LogP contribution < -0.4 is 11.1 Å². The number of pyridine rings is 2. The SMILES string of the molecule is C[C@@H](O)CNc1cc(N)nc2cc(C3=CC=NC3)cnc12. The van der Waals surface area contributed by atoms with Crippen LogP contribution in [0.1, 0.15) is 12.5 Å². The third kappa shape index (κ3) is 2.85. The Balaban J connectivity index is 2.01. The smallest absolute Gasteiger partial charge is 0.126 e. The number of allylic oxidation sites excluding steroid dienone is 1. The average Bonchev–Trinajstić information content (AvgIpc) is 2.98. The summed E-state index contributed by atoms with van der Waals surface area (Å²) in [5.74, 6) is 0.422. The fraction of sp³-hybridized carbons (Fsp3) is 0.267. The fourth-order valence-corrected chi connectivity index (χ4v) is 2.24. The van der Waals surface area contributed by atoms with Gasteiger partial charge in [-0.2, -0.15) is 0 Å². The van der Waals surface area contributed by atoms with E-state index in [1.165, 1.54) is 0 Å². The van der Waals surface area contributed by atoms with Gasteiger partial charge >= 0.3 is 0 Å². The minimum atomic E-state index is -0.450. The van der Waals surface area contributed by atoms with Gasteiger partial charge in [-0.1, -0.05) is 0 Å². The van der Waals surface area contributed by atoms with Gasteiger partial charge in [0.25, 0.3) is 0 Å². The lowest BCUT2D eigenvalue weighted by Crippen LogP contribution is -2.16. The van der Waals surface area contributed by atoms with Crippen molar-refractivity contribution in [2.45, 2.75) is 13.0 Å². The molecule has 3 rings (SSSR count). The van der Waals surface area contributed by atoms with Gasteiger partial charge in [0.2, 0.25) is 0 Å². The third-order valence-corrected chi connectivity index (χ3v) is 3.27. The summed E-state index contributed by atoms with van der Waals surface area (Å²) in [5, 5.41) is 12.5. The van der Waals surface area contributed by atoms with Gasteiger partial charge in [0.05, 0.1) is 23.9 Å². The molecule has 1 aliphatic heterocycles. The molecule has 21 heavy (non-hydrogen) atoms. The number of nitrogens with one attached hydrogen (secondary N) is 1. The van der Waals surface area contributed by atoms with Crippen molar-refractivity contribution in [3.8, 4) is 0 Å². The molecule has 1 aliphatic rings. The molecule has 0 spiro atoms. The second-order valence-electron chi connectivity index (χ2n) is 5.10. The first-order chi connectivity index (χ1) is 10.1. The number of hydrogen-bond acceptors (Lipinski definition) is 6. The Morgan fingerprint density at radius 3 is 3.00 bits per heavy atom. The zero-order valence-corrected chi connectivity index (χ0v) is 11.7. The largest absolute Gasteiger partial charge is 0.392 e. The summed E-state index contributed by atoms with van der Waals surface area (Å²) in [7, 11) is 0. The van der Waals surface area contributed by atoms with Crippen molar-refractivity contribution in [3.63, 3.8) is 0 Å². The molecule has 0 aliphatic carbocycles. The highest BCUT2D eigenvalue weighted by molar-refractivity contribution is 5.94. The van der Waals surface area contributed by atoms with Crippen LogP contribution in [-0.2, 0) is 0 Å². The zero-order chi connectivity index (χ0) is 14.8. The highest BCUT2D eigenvalue weighted by atomic mass is 16.3. The second-order valence-corrected chi connectivity index (χ2v) is 5.10. The molecule has 0 saturated carbocycles. The van der Waals surface area contributed by atoms with Crippen LogP contribution in [0.3, 0.4) is 0 Å². The van der Waals surface area contributed by atoms with E-state index in [1.54, 1.807) is 19.2 Å². The molecule has 0 unspecified atom stereocenters. The quantitative estimate of drug-likeness (QED) is 0.789. The van der Waals surface area contributed by atoms with Crippen molar-refractivity contribution in [1.29, 1.82) is 0 Å². The van der Waals surface area contributed by atoms with Crippen molar-refractivity contribution >= 4 is 34.3 Å². The van der Waals surface area contributed by atoms with Gasteiger partial charge < -0.3 is 16.2 Å². The molecule has 0 saturated heterocycles. The molecular formula is C15H17N5O. The summed E-state index contributed by atoms with van der Waals surface area (Å²) in [6, 6.07) is 3.70. The summed E-state index contributed by atoms with van der Waals surface area (Å²) in [5.41, 5.74) is 10.2. The average molecular weight is 283 g/mol. The van der Waals surface area contributed by atoms with Crippen molar-refractivity contribution in [3.05, 3.63) is 30.0 Å². The van der Waals surface area contributed by atoms with Gasteiger partial charge in [0.1, 0.15) is 11.3 Å². The van der Waals surface area contributed by atoms with E-state index < -0.39 is 6.10 Å². The minimum absolute atomic E-state index is 0.422. The highest BCUT2D eigenvalue weighted by Gasteiger charge is 2.10. The van der Waals surface area contributed by atoms with Crippen molar-refractivity contribution in [2.24, 2.45) is 4.99 Å². The number of nitrogens with two attached hydrogens (primary N) is 1. The predicted molar refractivity (Wildman–Crippen MR) is 85.5 cm³/mol. The highest BCUT2D eigenvalue weighted by Crippen LogP contribution is 2.26. The molecule has 3 heterocycles. The molecule has 6 heteroatoms. The normalized spacial score (nSPS) is 15.2. The molecule has 4 N–H and O–H groups in total. The topological polar surface area (TPSA) is 96.4 Å². The summed E-state index contributed by atoms with van der Waals surface area (Å²) in [6.07, 6.45) is 5.13. The molecule has 2 aromatic rings. The Kier molecular flexibility index (Phi) is 3.53. The van der Waals surface area contributed by atoms with Crippen LogP contribution in [0.2, 0.25) is 0 Å². The minimum Gasteiger partial charge on any atom is -0.392 e. The summed E-state index contributed by atoms with van der Waals surface area (Å²) < 4.78 is 0. The van der Waals surface area contributed by atoms with E-state index in [0.29, 0.717) is 18.9 Å². The van der Waals surface area contributed by atoms with Gasteiger partial charge in [0.15, 0.2) is 0 Å². The number of anilines is 2. The van der Waals surface area contributed by atoms with Gasteiger partial charge in [0, 0.05) is 30.6 Å². The first-order valence-electron chi connectivity index (χ1n) is 6.81. The first-order valence-corrected chi connectivity index (χ1v) is 6.81. The zero-order valence-electron chi connectivity index (χ0n) is 11.7. The van der Waals surface area contributed by atoms with Crippen LogP contribution in [0.5, 0.6) is 0 Å². The molecule has 6 nitrogen and oxygen atoms in total. The molecule has 0 fully saturated rings. The number of nitrogens with zero attached hydrogens (tertiary/aromatic N) is 3. The number of hydrogen-bond donors (Lipinski definition) is 3. The summed E-state index contributed by atoms with van der Waals surface area (Å²) >= 11 is 0. The fourth-order valence-electron chi connectivity index (χ4n) is 2.24. The second kappa shape index (κ2) is 5.49. The number of rotatable bonds is 4. The van der Waals surface area contributed by atoms with Gasteiger partial charge in [-0.05, 0) is 24.6 Å². The monoisotopic (exact) mass is 283 g/mol. The molecular weight excluding hydrogens is 266 g/mol. The van der Waals surface area contributed by atoms with Crippen molar-refractivity contribution in [1.82, 2.24) is 9.97 Å². The lowest BCUT2D eigenvalue weighted by Gasteiger charge is -2.12. The predicted octanol–water partition coefficient (Wildman–Crippen LogP) is 1.47. The van der Waals surface area contributed by atoms with Crippen LogP contribution in [-0.4, -0.2) is 40.5 Å². The van der Waals surface area contributed by atoms with Gasteiger partial charge in [-0.25, -0.2) is 4.98 Å². The van der Waals surface area contributed by atoms with Gasteiger partial charge in [-0.15, -0.1) is 0 Å². The van der Waals surface area contributed by atoms with Crippen molar-refractivity contribution < 1.29 is 5.11 Å². The number of aliphatic hydroxyl groups is 1.